The Morgan fingerprint density at radius 3 is 2.08 bits per heavy atom. The fourth-order valence-corrected chi connectivity index (χ4v) is 2.86. The second-order valence-corrected chi connectivity index (χ2v) is 6.59. The van der Waals surface area contributed by atoms with Gasteiger partial charge in [-0.2, -0.15) is 0 Å². The van der Waals surface area contributed by atoms with E-state index in [1.165, 1.54) is 12.0 Å². The number of aryl methyl sites for hydroxylation is 1. The molecule has 0 saturated carbocycles. The summed E-state index contributed by atoms with van der Waals surface area (Å²) in [5.74, 6) is 0.0180. The summed E-state index contributed by atoms with van der Waals surface area (Å²) in [5, 5.41) is 2.97. The second-order valence-electron chi connectivity index (χ2n) is 6.59. The van der Waals surface area contributed by atoms with Crippen molar-refractivity contribution in [2.45, 2.75) is 44.9 Å². The van der Waals surface area contributed by atoms with Crippen molar-refractivity contribution < 1.29 is 9.53 Å². The Morgan fingerprint density at radius 1 is 0.731 bits per heavy atom. The number of nitrogens with one attached hydrogen (secondary N) is 1. The minimum Gasteiger partial charge on any atom is -0.381 e. The zero-order valence-electron chi connectivity index (χ0n) is 15.7. The number of carbonyl (C=O) groups is 1. The van der Waals surface area contributed by atoms with Crippen LogP contribution in [0.2, 0.25) is 0 Å². The van der Waals surface area contributed by atoms with Crippen LogP contribution in [0, 0.1) is 0 Å². The Morgan fingerprint density at radius 2 is 1.35 bits per heavy atom. The Bertz CT molecular complexity index is 598. The molecule has 3 nitrogen and oxygen atoms in total. The Balaban J connectivity index is 1.34. The maximum Gasteiger partial charge on any atom is 0.251 e. The Kier molecular flexibility index (Phi) is 10.2. The lowest BCUT2D eigenvalue weighted by Gasteiger charge is -2.06. The van der Waals surface area contributed by atoms with Crippen molar-refractivity contribution in [2.24, 2.45) is 0 Å². The third-order valence-electron chi connectivity index (χ3n) is 4.38. The van der Waals surface area contributed by atoms with Crippen molar-refractivity contribution >= 4 is 5.91 Å². The molecule has 0 bridgehead atoms. The molecule has 0 aliphatic carbocycles. The van der Waals surface area contributed by atoms with Crippen LogP contribution in [0.25, 0.3) is 0 Å². The van der Waals surface area contributed by atoms with E-state index in [0.717, 1.165) is 63.8 Å². The van der Waals surface area contributed by atoms with Crippen molar-refractivity contribution in [2.75, 3.05) is 19.8 Å². The van der Waals surface area contributed by atoms with E-state index < -0.39 is 0 Å². The van der Waals surface area contributed by atoms with Gasteiger partial charge in [0.15, 0.2) is 0 Å². The van der Waals surface area contributed by atoms with Gasteiger partial charge in [-0.15, -0.1) is 0 Å². The summed E-state index contributed by atoms with van der Waals surface area (Å²) in [6.07, 6.45) is 7.86. The summed E-state index contributed by atoms with van der Waals surface area (Å²) in [6.45, 7) is 2.45. The van der Waals surface area contributed by atoms with Crippen LogP contribution in [-0.2, 0) is 11.2 Å². The van der Waals surface area contributed by atoms with Crippen molar-refractivity contribution in [3.63, 3.8) is 0 Å². The number of unbranched alkanes of at least 4 members (excludes halogenated alkanes) is 4. The molecule has 0 saturated heterocycles. The number of hydrogen-bond acceptors (Lipinski definition) is 2. The van der Waals surface area contributed by atoms with E-state index in [1.807, 2.05) is 30.3 Å². The van der Waals surface area contributed by atoms with E-state index >= 15 is 0 Å². The zero-order chi connectivity index (χ0) is 18.3. The van der Waals surface area contributed by atoms with Crippen molar-refractivity contribution in [3.05, 3.63) is 71.8 Å². The molecule has 0 fully saturated rings. The fourth-order valence-electron chi connectivity index (χ4n) is 2.86. The largest absolute Gasteiger partial charge is 0.381 e. The molecule has 0 atom stereocenters. The molecule has 3 heteroatoms. The molecule has 26 heavy (non-hydrogen) atoms. The number of hydrogen-bond donors (Lipinski definition) is 1. The first-order valence-corrected chi connectivity index (χ1v) is 9.81. The molecule has 1 amide bonds. The van der Waals surface area contributed by atoms with E-state index in [1.54, 1.807) is 0 Å². The van der Waals surface area contributed by atoms with Gasteiger partial charge in [-0.1, -0.05) is 61.4 Å². The standard InChI is InChI=1S/C23H31NO2/c25-23(22-16-7-4-8-17-22)24-18-10-1-2-11-19-26-20-12-9-15-21-13-5-3-6-14-21/h3-8,13-14,16-17H,1-2,9-12,15,18-20H2,(H,24,25). The van der Waals surface area contributed by atoms with Gasteiger partial charge in [-0.25, -0.2) is 0 Å². The lowest BCUT2D eigenvalue weighted by atomic mass is 10.1. The minimum atomic E-state index is 0.0180. The first-order chi connectivity index (χ1) is 12.9. The van der Waals surface area contributed by atoms with E-state index in [9.17, 15) is 4.79 Å². The Labute approximate surface area is 157 Å². The second kappa shape index (κ2) is 13.1. The number of amides is 1. The predicted octanol–water partition coefficient (Wildman–Crippen LogP) is 5.02. The topological polar surface area (TPSA) is 38.3 Å². The van der Waals surface area contributed by atoms with Crippen LogP contribution >= 0.6 is 0 Å². The average molecular weight is 354 g/mol. The van der Waals surface area contributed by atoms with Crippen molar-refractivity contribution in [3.8, 4) is 0 Å². The summed E-state index contributed by atoms with van der Waals surface area (Å²) in [5.41, 5.74) is 2.14. The van der Waals surface area contributed by atoms with Crippen LogP contribution < -0.4 is 5.32 Å². The van der Waals surface area contributed by atoms with Crippen molar-refractivity contribution in [1.82, 2.24) is 5.32 Å². The maximum absolute atomic E-state index is 11.9. The lowest BCUT2D eigenvalue weighted by molar-refractivity contribution is 0.0952. The Hall–Kier alpha value is -2.13. The van der Waals surface area contributed by atoms with Crippen LogP contribution in [0.15, 0.2) is 60.7 Å². The van der Waals surface area contributed by atoms with Crippen LogP contribution in [0.1, 0.15) is 54.4 Å². The first kappa shape index (κ1) is 20.2. The number of rotatable bonds is 13. The molecular weight excluding hydrogens is 322 g/mol. The van der Waals surface area contributed by atoms with Gasteiger partial charge >= 0.3 is 0 Å². The molecule has 2 aromatic carbocycles. The van der Waals surface area contributed by atoms with Gasteiger partial charge in [0.2, 0.25) is 0 Å². The smallest absolute Gasteiger partial charge is 0.251 e. The number of carbonyl (C=O) groups excluding carboxylic acids is 1. The first-order valence-electron chi connectivity index (χ1n) is 9.81. The van der Waals surface area contributed by atoms with Gasteiger partial charge in [-0.05, 0) is 49.8 Å². The molecule has 0 aliphatic heterocycles. The minimum absolute atomic E-state index is 0.0180. The number of ether oxygens (including phenoxy) is 1. The predicted molar refractivity (Wildman–Crippen MR) is 107 cm³/mol. The van der Waals surface area contributed by atoms with Gasteiger partial charge in [-0.3, -0.25) is 4.79 Å². The molecule has 0 aromatic heterocycles. The number of benzene rings is 2. The molecule has 0 aliphatic rings. The van der Waals surface area contributed by atoms with Gasteiger partial charge in [0.1, 0.15) is 0 Å². The average Bonchev–Trinajstić information content (AvgIpc) is 2.70. The van der Waals surface area contributed by atoms with Gasteiger partial charge < -0.3 is 10.1 Å². The van der Waals surface area contributed by atoms with Gasteiger partial charge in [0.25, 0.3) is 5.91 Å². The SMILES string of the molecule is O=C(NCCCCCCOCCCCc1ccccc1)c1ccccc1. The highest BCUT2D eigenvalue weighted by molar-refractivity contribution is 5.94. The molecular formula is C23H31NO2. The molecule has 0 spiro atoms. The molecule has 0 radical (unpaired) electrons. The maximum atomic E-state index is 11.9. The monoisotopic (exact) mass is 353 g/mol. The van der Waals surface area contributed by atoms with Gasteiger partial charge in [0, 0.05) is 25.3 Å². The van der Waals surface area contributed by atoms with Crippen LogP contribution in [-0.4, -0.2) is 25.7 Å². The van der Waals surface area contributed by atoms with Crippen LogP contribution in [0.4, 0.5) is 0 Å². The highest BCUT2D eigenvalue weighted by atomic mass is 16.5. The van der Waals surface area contributed by atoms with Crippen LogP contribution in [0.3, 0.4) is 0 Å². The summed E-state index contributed by atoms with van der Waals surface area (Å²) in [6, 6.07) is 20.0. The third-order valence-corrected chi connectivity index (χ3v) is 4.38. The molecule has 0 heterocycles. The quantitative estimate of drug-likeness (QED) is 0.514. The third kappa shape index (κ3) is 8.82. The molecule has 2 aromatic rings. The fraction of sp³-hybridized carbons (Fsp3) is 0.435. The van der Waals surface area contributed by atoms with E-state index in [0.29, 0.717) is 0 Å². The zero-order valence-corrected chi connectivity index (χ0v) is 15.7. The summed E-state index contributed by atoms with van der Waals surface area (Å²) in [4.78, 5) is 11.9. The molecule has 1 N–H and O–H groups in total. The lowest BCUT2D eigenvalue weighted by Crippen LogP contribution is -2.24. The normalized spacial score (nSPS) is 10.6. The molecule has 140 valence electrons. The van der Waals surface area contributed by atoms with Crippen molar-refractivity contribution in [1.29, 1.82) is 0 Å². The highest BCUT2D eigenvalue weighted by Crippen LogP contribution is 2.05. The van der Waals surface area contributed by atoms with E-state index in [4.69, 9.17) is 4.74 Å². The van der Waals surface area contributed by atoms with Crippen LogP contribution in [0.5, 0.6) is 0 Å². The van der Waals surface area contributed by atoms with E-state index in [-0.39, 0.29) is 5.91 Å². The summed E-state index contributed by atoms with van der Waals surface area (Å²) < 4.78 is 5.70. The van der Waals surface area contributed by atoms with E-state index in [2.05, 4.69) is 35.6 Å². The molecule has 2 rings (SSSR count). The summed E-state index contributed by atoms with van der Waals surface area (Å²) in [7, 11) is 0. The van der Waals surface area contributed by atoms with Gasteiger partial charge in [0.05, 0.1) is 0 Å². The highest BCUT2D eigenvalue weighted by Gasteiger charge is 2.02. The molecule has 0 unspecified atom stereocenters. The summed E-state index contributed by atoms with van der Waals surface area (Å²) >= 11 is 0.